The number of rotatable bonds is 10. The van der Waals surface area contributed by atoms with E-state index in [9.17, 15) is 4.79 Å². The molecule has 30 heavy (non-hydrogen) atoms. The lowest BCUT2D eigenvalue weighted by Gasteiger charge is -2.24. The van der Waals surface area contributed by atoms with E-state index in [1.165, 1.54) is 19.3 Å². The molecule has 1 aromatic heterocycles. The number of hydrogen-bond donors (Lipinski definition) is 3. The zero-order valence-corrected chi connectivity index (χ0v) is 17.2. The van der Waals surface area contributed by atoms with Gasteiger partial charge in [-0.25, -0.2) is 4.98 Å². The van der Waals surface area contributed by atoms with Crippen LogP contribution in [0.25, 0.3) is 0 Å². The Hall–Kier alpha value is -3.14. The van der Waals surface area contributed by atoms with Crippen molar-refractivity contribution in [2.75, 3.05) is 23.7 Å². The molecule has 1 heterocycles. The molecule has 0 spiro atoms. The molecule has 0 radical (unpaired) electrons. The van der Waals surface area contributed by atoms with Gasteiger partial charge in [-0.1, -0.05) is 18.6 Å². The molecule has 2 aliphatic rings. The van der Waals surface area contributed by atoms with Gasteiger partial charge in [-0.15, -0.1) is 0 Å². The van der Waals surface area contributed by atoms with Crippen LogP contribution in [0.5, 0.6) is 0 Å². The maximum absolute atomic E-state index is 11.9. The first-order valence-electron chi connectivity index (χ1n) is 10.8. The summed E-state index contributed by atoms with van der Waals surface area (Å²) in [6.07, 6.45) is 8.74. The molecule has 7 heteroatoms. The van der Waals surface area contributed by atoms with Crippen LogP contribution >= 0.6 is 0 Å². The van der Waals surface area contributed by atoms with Gasteiger partial charge in [0.2, 0.25) is 11.9 Å². The molecule has 0 bridgehead atoms. The highest BCUT2D eigenvalue weighted by atomic mass is 16.1. The zero-order chi connectivity index (χ0) is 20.8. The van der Waals surface area contributed by atoms with Crippen molar-refractivity contribution in [2.45, 2.75) is 50.9 Å². The van der Waals surface area contributed by atoms with Gasteiger partial charge in [0.15, 0.2) is 0 Å². The minimum Gasteiger partial charge on any atom is -0.370 e. The fourth-order valence-electron chi connectivity index (χ4n) is 3.59. The van der Waals surface area contributed by atoms with Crippen molar-refractivity contribution in [2.24, 2.45) is 5.92 Å². The normalized spacial score (nSPS) is 15.7. The third-order valence-corrected chi connectivity index (χ3v) is 5.72. The molecule has 2 aromatic rings. The number of nitrogens with zero attached hydrogens (tertiary/aromatic N) is 3. The Morgan fingerprint density at radius 3 is 2.80 bits per heavy atom. The number of hydrogen-bond acceptors (Lipinski definition) is 6. The Balaban J connectivity index is 1.34. The van der Waals surface area contributed by atoms with Gasteiger partial charge in [-0.05, 0) is 55.7 Å². The van der Waals surface area contributed by atoms with Crippen LogP contribution in [-0.2, 0) is 11.2 Å². The smallest absolute Gasteiger partial charge is 0.229 e. The summed E-state index contributed by atoms with van der Waals surface area (Å²) in [4.78, 5) is 21.1. The van der Waals surface area contributed by atoms with Crippen molar-refractivity contribution in [1.82, 2.24) is 15.3 Å². The van der Waals surface area contributed by atoms with Crippen LogP contribution in [0.1, 0.15) is 55.6 Å². The van der Waals surface area contributed by atoms with Gasteiger partial charge in [-0.2, -0.15) is 10.2 Å². The molecule has 2 fully saturated rings. The van der Waals surface area contributed by atoms with E-state index in [-0.39, 0.29) is 11.8 Å². The summed E-state index contributed by atoms with van der Waals surface area (Å²) in [6.45, 7) is 1.43. The first-order valence-corrected chi connectivity index (χ1v) is 10.8. The highest BCUT2D eigenvalue weighted by molar-refractivity contribution is 5.79. The molecule has 7 nitrogen and oxygen atoms in total. The standard InChI is InChI=1S/C23H28N6O/c24-11-10-16-4-1-7-19(14-16)28-23-27-15-20(17-8-9-17)21(29-23)25-12-3-13-26-22(30)18-5-2-6-18/h1,4,7,14-15,17-18H,2-3,5-6,8-10,12-13H2,(H,26,30)(H2,25,27,28,29). The van der Waals surface area contributed by atoms with Crippen molar-refractivity contribution >= 4 is 23.4 Å². The van der Waals surface area contributed by atoms with Crippen molar-refractivity contribution in [1.29, 1.82) is 5.26 Å². The van der Waals surface area contributed by atoms with Gasteiger partial charge >= 0.3 is 0 Å². The third-order valence-electron chi connectivity index (χ3n) is 5.72. The number of carbonyl (C=O) groups is 1. The Labute approximate surface area is 177 Å². The molecule has 2 saturated carbocycles. The second kappa shape index (κ2) is 9.57. The molecular formula is C23H28N6O. The van der Waals surface area contributed by atoms with Gasteiger partial charge in [0.1, 0.15) is 5.82 Å². The highest BCUT2D eigenvalue weighted by Crippen LogP contribution is 2.42. The predicted molar refractivity (Wildman–Crippen MR) is 117 cm³/mol. The van der Waals surface area contributed by atoms with Crippen LogP contribution in [0.2, 0.25) is 0 Å². The average molecular weight is 405 g/mol. The van der Waals surface area contributed by atoms with Gasteiger partial charge < -0.3 is 16.0 Å². The number of nitrogens with one attached hydrogen (secondary N) is 3. The third kappa shape index (κ3) is 5.26. The lowest BCUT2D eigenvalue weighted by Crippen LogP contribution is -2.35. The predicted octanol–water partition coefficient (Wildman–Crippen LogP) is 3.88. The van der Waals surface area contributed by atoms with Gasteiger partial charge in [0.05, 0.1) is 12.5 Å². The Morgan fingerprint density at radius 1 is 1.20 bits per heavy atom. The topological polar surface area (TPSA) is 103 Å². The minimum atomic E-state index is 0.201. The van der Waals surface area contributed by atoms with Gasteiger partial charge in [0.25, 0.3) is 0 Å². The van der Waals surface area contributed by atoms with Crippen molar-refractivity contribution in [3.63, 3.8) is 0 Å². The minimum absolute atomic E-state index is 0.201. The van der Waals surface area contributed by atoms with Crippen molar-refractivity contribution in [3.8, 4) is 6.07 Å². The molecule has 156 valence electrons. The lowest BCUT2D eigenvalue weighted by atomic mass is 9.85. The van der Waals surface area contributed by atoms with E-state index in [2.05, 4.69) is 27.0 Å². The monoisotopic (exact) mass is 404 g/mol. The summed E-state index contributed by atoms with van der Waals surface area (Å²) in [5.41, 5.74) is 2.99. The van der Waals surface area contributed by atoms with Crippen LogP contribution in [-0.4, -0.2) is 29.0 Å². The van der Waals surface area contributed by atoms with E-state index in [4.69, 9.17) is 10.2 Å². The van der Waals surface area contributed by atoms with E-state index >= 15 is 0 Å². The SMILES string of the molecule is N#CCc1cccc(Nc2ncc(C3CC3)c(NCCCNC(=O)C3CCC3)n2)c1. The highest BCUT2D eigenvalue weighted by Gasteiger charge is 2.28. The van der Waals surface area contributed by atoms with Crippen LogP contribution in [0.4, 0.5) is 17.5 Å². The van der Waals surface area contributed by atoms with E-state index in [0.29, 0.717) is 24.8 Å². The van der Waals surface area contributed by atoms with Crippen molar-refractivity contribution < 1.29 is 4.79 Å². The molecule has 1 aromatic carbocycles. The largest absolute Gasteiger partial charge is 0.370 e. The number of carbonyl (C=O) groups excluding carboxylic acids is 1. The first kappa shape index (κ1) is 20.1. The van der Waals surface area contributed by atoms with Gasteiger partial charge in [0, 0.05) is 36.5 Å². The van der Waals surface area contributed by atoms with Crippen LogP contribution in [0.15, 0.2) is 30.5 Å². The van der Waals surface area contributed by atoms with E-state index in [0.717, 1.165) is 48.4 Å². The quantitative estimate of drug-likeness (QED) is 0.519. The number of amides is 1. The summed E-state index contributed by atoms with van der Waals surface area (Å²) in [7, 11) is 0. The number of benzene rings is 1. The molecule has 1 amide bonds. The maximum Gasteiger partial charge on any atom is 0.229 e. The van der Waals surface area contributed by atoms with Crippen LogP contribution in [0.3, 0.4) is 0 Å². The molecule has 2 aliphatic carbocycles. The Kier molecular flexibility index (Phi) is 6.43. The summed E-state index contributed by atoms with van der Waals surface area (Å²) in [5.74, 6) is 2.38. The van der Waals surface area contributed by atoms with Crippen LogP contribution in [0, 0.1) is 17.2 Å². The van der Waals surface area contributed by atoms with Gasteiger partial charge in [-0.3, -0.25) is 4.79 Å². The average Bonchev–Trinajstić information content (AvgIpc) is 3.52. The molecular weight excluding hydrogens is 376 g/mol. The number of aromatic nitrogens is 2. The van der Waals surface area contributed by atoms with E-state index < -0.39 is 0 Å². The summed E-state index contributed by atoms with van der Waals surface area (Å²) >= 11 is 0. The van der Waals surface area contributed by atoms with Crippen LogP contribution < -0.4 is 16.0 Å². The molecule has 4 rings (SSSR count). The fraction of sp³-hybridized carbons (Fsp3) is 0.478. The first-order chi connectivity index (χ1) is 14.7. The molecule has 0 unspecified atom stereocenters. The maximum atomic E-state index is 11.9. The molecule has 3 N–H and O–H groups in total. The summed E-state index contributed by atoms with van der Waals surface area (Å²) in [5, 5.41) is 18.6. The molecule has 0 aliphatic heterocycles. The number of nitriles is 1. The van der Waals surface area contributed by atoms with Crippen molar-refractivity contribution in [3.05, 3.63) is 41.6 Å². The summed E-state index contributed by atoms with van der Waals surface area (Å²) < 4.78 is 0. The van der Waals surface area contributed by atoms with E-state index in [1.807, 2.05) is 30.5 Å². The number of anilines is 3. The molecule has 0 saturated heterocycles. The fourth-order valence-corrected chi connectivity index (χ4v) is 3.59. The second-order valence-electron chi connectivity index (χ2n) is 8.13. The lowest BCUT2D eigenvalue weighted by molar-refractivity contribution is -0.127. The second-order valence-corrected chi connectivity index (χ2v) is 8.13. The summed E-state index contributed by atoms with van der Waals surface area (Å²) in [6, 6.07) is 9.91. The zero-order valence-electron chi connectivity index (χ0n) is 17.2. The molecule has 0 atom stereocenters. The Morgan fingerprint density at radius 2 is 2.07 bits per heavy atom. The van der Waals surface area contributed by atoms with E-state index in [1.54, 1.807) is 0 Å². The Bertz CT molecular complexity index is 930.